The Kier molecular flexibility index (Phi) is 5.11. The van der Waals surface area contributed by atoms with Crippen molar-refractivity contribution in [2.75, 3.05) is 13.7 Å². The number of rotatable bonds is 6. The molecule has 0 aliphatic heterocycles. The van der Waals surface area contributed by atoms with Crippen molar-refractivity contribution in [3.8, 4) is 11.5 Å². The third-order valence-corrected chi connectivity index (χ3v) is 2.40. The molecule has 1 aromatic carbocycles. The Balaban J connectivity index is 2.84. The number of hydrogen-bond donors (Lipinski definition) is 1. The number of methoxy groups -OCH3 is 1. The Morgan fingerprint density at radius 1 is 1.26 bits per heavy atom. The van der Waals surface area contributed by atoms with Crippen molar-refractivity contribution in [2.45, 2.75) is 13.8 Å². The molecule has 5 heteroatoms. The second kappa shape index (κ2) is 6.58. The van der Waals surface area contributed by atoms with Crippen molar-refractivity contribution < 1.29 is 24.2 Å². The molecule has 0 radical (unpaired) electrons. The minimum absolute atomic E-state index is 0.0631. The number of hydrogen-bond acceptors (Lipinski definition) is 4. The molecule has 0 fully saturated rings. The largest absolute Gasteiger partial charge is 0.493 e. The van der Waals surface area contributed by atoms with E-state index in [-0.39, 0.29) is 12.4 Å². The minimum Gasteiger partial charge on any atom is -0.493 e. The van der Waals surface area contributed by atoms with Crippen LogP contribution in [0.25, 0.3) is 0 Å². The van der Waals surface area contributed by atoms with Crippen molar-refractivity contribution in [3.63, 3.8) is 0 Å². The van der Waals surface area contributed by atoms with E-state index in [2.05, 4.69) is 0 Å². The molecule has 0 unspecified atom stereocenters. The van der Waals surface area contributed by atoms with E-state index in [1.54, 1.807) is 25.1 Å². The molecule has 0 bridgehead atoms. The first kappa shape index (κ1) is 14.8. The molecule has 19 heavy (non-hydrogen) atoms. The fourth-order valence-corrected chi connectivity index (χ4v) is 1.45. The van der Waals surface area contributed by atoms with Gasteiger partial charge in [-0.3, -0.25) is 4.79 Å². The van der Waals surface area contributed by atoms with Crippen LogP contribution in [0.2, 0.25) is 0 Å². The number of aliphatic carboxylic acids is 1. The van der Waals surface area contributed by atoms with Crippen LogP contribution < -0.4 is 9.47 Å². The van der Waals surface area contributed by atoms with Gasteiger partial charge < -0.3 is 14.6 Å². The lowest BCUT2D eigenvalue weighted by molar-refractivity contribution is -0.131. The lowest BCUT2D eigenvalue weighted by Gasteiger charge is -2.11. The van der Waals surface area contributed by atoms with E-state index in [9.17, 15) is 9.59 Å². The second-order valence-corrected chi connectivity index (χ2v) is 4.04. The third kappa shape index (κ3) is 4.46. The lowest BCUT2D eigenvalue weighted by atomic mass is 10.1. The van der Waals surface area contributed by atoms with Crippen LogP contribution in [0.15, 0.2) is 29.8 Å². The van der Waals surface area contributed by atoms with Gasteiger partial charge in [-0.1, -0.05) is 0 Å². The van der Waals surface area contributed by atoms with Gasteiger partial charge in [0.05, 0.1) is 7.11 Å². The van der Waals surface area contributed by atoms with Gasteiger partial charge in [0.25, 0.3) is 0 Å². The first-order valence-corrected chi connectivity index (χ1v) is 5.66. The molecule has 1 rings (SSSR count). The number of carboxylic acid groups (broad SMARTS) is 1. The summed E-state index contributed by atoms with van der Waals surface area (Å²) in [6.07, 6.45) is 1.08. The van der Waals surface area contributed by atoms with Gasteiger partial charge in [-0.15, -0.1) is 0 Å². The summed E-state index contributed by atoms with van der Waals surface area (Å²) in [5, 5.41) is 8.59. The van der Waals surface area contributed by atoms with Crippen LogP contribution in [0.4, 0.5) is 0 Å². The summed E-state index contributed by atoms with van der Waals surface area (Å²) in [7, 11) is 1.48. The van der Waals surface area contributed by atoms with Crippen LogP contribution in [0.3, 0.4) is 0 Å². The summed E-state index contributed by atoms with van der Waals surface area (Å²) in [5.74, 6) is -0.173. The maximum absolute atomic E-state index is 11.2. The normalized spacial score (nSPS) is 11.0. The Morgan fingerprint density at radius 2 is 1.95 bits per heavy atom. The summed E-state index contributed by atoms with van der Waals surface area (Å²) < 4.78 is 10.6. The molecule has 0 amide bonds. The molecule has 5 nitrogen and oxygen atoms in total. The molecule has 0 spiro atoms. The quantitative estimate of drug-likeness (QED) is 0.630. The van der Waals surface area contributed by atoms with Crippen LogP contribution in [0.1, 0.15) is 24.2 Å². The molecule has 0 heterocycles. The Morgan fingerprint density at radius 3 is 2.47 bits per heavy atom. The molecule has 0 saturated heterocycles. The van der Waals surface area contributed by atoms with E-state index < -0.39 is 5.97 Å². The maximum Gasteiger partial charge on any atom is 0.328 e. The van der Waals surface area contributed by atoms with Gasteiger partial charge in [0, 0.05) is 11.6 Å². The van der Waals surface area contributed by atoms with Gasteiger partial charge in [0.15, 0.2) is 17.3 Å². The summed E-state index contributed by atoms with van der Waals surface area (Å²) in [5.41, 5.74) is 1.10. The fraction of sp³-hybridized carbons (Fsp3) is 0.286. The highest BCUT2D eigenvalue weighted by atomic mass is 16.5. The van der Waals surface area contributed by atoms with Crippen molar-refractivity contribution in [1.29, 1.82) is 0 Å². The first-order valence-electron chi connectivity index (χ1n) is 5.66. The average molecular weight is 264 g/mol. The van der Waals surface area contributed by atoms with E-state index in [0.29, 0.717) is 22.6 Å². The molecule has 0 saturated carbocycles. The smallest absolute Gasteiger partial charge is 0.328 e. The van der Waals surface area contributed by atoms with Crippen molar-refractivity contribution in [1.82, 2.24) is 0 Å². The standard InChI is InChI=1S/C14H16O5/c1-9(6-14(16)17)8-19-12-5-4-11(10(2)15)7-13(12)18-3/h4-7H,8H2,1-3H3,(H,16,17)/b9-6+. The maximum atomic E-state index is 11.2. The molecule has 1 aromatic rings. The van der Waals surface area contributed by atoms with E-state index in [1.807, 2.05) is 0 Å². The van der Waals surface area contributed by atoms with Crippen LogP contribution in [-0.4, -0.2) is 30.6 Å². The molecule has 102 valence electrons. The van der Waals surface area contributed by atoms with Crippen LogP contribution in [0.5, 0.6) is 11.5 Å². The van der Waals surface area contributed by atoms with Gasteiger partial charge in [-0.2, -0.15) is 0 Å². The van der Waals surface area contributed by atoms with Gasteiger partial charge >= 0.3 is 5.97 Å². The number of benzene rings is 1. The molecule has 0 aromatic heterocycles. The number of ether oxygens (including phenoxy) is 2. The van der Waals surface area contributed by atoms with Crippen LogP contribution in [0, 0.1) is 0 Å². The fourth-order valence-electron chi connectivity index (χ4n) is 1.45. The zero-order valence-electron chi connectivity index (χ0n) is 11.1. The van der Waals surface area contributed by atoms with Crippen molar-refractivity contribution in [2.24, 2.45) is 0 Å². The topological polar surface area (TPSA) is 72.8 Å². The molecule has 0 atom stereocenters. The zero-order valence-corrected chi connectivity index (χ0v) is 11.1. The SMILES string of the molecule is COc1cc(C(C)=O)ccc1OC/C(C)=C/C(=O)O. The summed E-state index contributed by atoms with van der Waals surface area (Å²) >= 11 is 0. The number of ketones is 1. The van der Waals surface area contributed by atoms with E-state index in [0.717, 1.165) is 6.08 Å². The Labute approximate surface area is 111 Å². The number of carbonyl (C=O) groups excluding carboxylic acids is 1. The van der Waals surface area contributed by atoms with Crippen molar-refractivity contribution >= 4 is 11.8 Å². The zero-order chi connectivity index (χ0) is 14.4. The van der Waals surface area contributed by atoms with Crippen LogP contribution >= 0.6 is 0 Å². The molecular formula is C14H16O5. The van der Waals surface area contributed by atoms with Gasteiger partial charge in [-0.05, 0) is 37.6 Å². The Hall–Kier alpha value is -2.30. The van der Waals surface area contributed by atoms with E-state index in [4.69, 9.17) is 14.6 Å². The molecule has 0 aliphatic rings. The van der Waals surface area contributed by atoms with Gasteiger partial charge in [0.2, 0.25) is 0 Å². The highest BCUT2D eigenvalue weighted by molar-refractivity contribution is 5.94. The molecule has 0 aliphatic carbocycles. The van der Waals surface area contributed by atoms with Crippen molar-refractivity contribution in [3.05, 3.63) is 35.4 Å². The second-order valence-electron chi connectivity index (χ2n) is 4.04. The Bertz CT molecular complexity index is 517. The number of Topliss-reactive ketones (excluding diaryl/α,β-unsaturated/α-hetero) is 1. The summed E-state index contributed by atoms with van der Waals surface area (Å²) in [4.78, 5) is 21.7. The first-order chi connectivity index (χ1) is 8.93. The van der Waals surface area contributed by atoms with Gasteiger partial charge in [-0.25, -0.2) is 4.79 Å². The minimum atomic E-state index is -1.01. The highest BCUT2D eigenvalue weighted by Crippen LogP contribution is 2.28. The van der Waals surface area contributed by atoms with E-state index in [1.165, 1.54) is 14.0 Å². The molecular weight excluding hydrogens is 248 g/mol. The highest BCUT2D eigenvalue weighted by Gasteiger charge is 2.08. The predicted octanol–water partition coefficient (Wildman–Crippen LogP) is 2.31. The lowest BCUT2D eigenvalue weighted by Crippen LogP contribution is -2.03. The van der Waals surface area contributed by atoms with E-state index >= 15 is 0 Å². The molecule has 1 N–H and O–H groups in total. The van der Waals surface area contributed by atoms with Gasteiger partial charge in [0.1, 0.15) is 6.61 Å². The number of carbonyl (C=O) groups is 2. The van der Waals surface area contributed by atoms with Crippen LogP contribution in [-0.2, 0) is 4.79 Å². The summed E-state index contributed by atoms with van der Waals surface area (Å²) in [6.45, 7) is 3.27. The third-order valence-electron chi connectivity index (χ3n) is 2.40. The summed E-state index contributed by atoms with van der Waals surface area (Å²) in [6, 6.07) is 4.86. The monoisotopic (exact) mass is 264 g/mol. The predicted molar refractivity (Wildman–Crippen MR) is 69.9 cm³/mol. The number of carboxylic acids is 1. The average Bonchev–Trinajstić information content (AvgIpc) is 2.35.